The second-order valence-electron chi connectivity index (χ2n) is 7.97. The molecule has 0 spiro atoms. The molecule has 3 aromatic heterocycles. The van der Waals surface area contributed by atoms with Crippen molar-refractivity contribution in [2.45, 2.75) is 37.8 Å². The standard InChI is InChI=1S/C22H23N5O2S/c1-22(2,3)29-21(28)27-8-7-16-6-5-15(9-20(16)27)13-26-14-19(24-25-26)17-10-18(30-4)12-23-11-17/h5-12,14H,13H2,1-4H3. The predicted octanol–water partition coefficient (Wildman–Crippen LogP) is 4.85. The quantitative estimate of drug-likeness (QED) is 0.439. The van der Waals surface area contributed by atoms with Gasteiger partial charge in [-0.05, 0) is 50.8 Å². The van der Waals surface area contributed by atoms with E-state index in [2.05, 4.69) is 15.3 Å². The van der Waals surface area contributed by atoms with Gasteiger partial charge in [0, 0.05) is 34.4 Å². The number of ether oxygens (including phenoxy) is 1. The summed E-state index contributed by atoms with van der Waals surface area (Å²) in [6.45, 7) is 6.11. The average Bonchev–Trinajstić information content (AvgIpc) is 3.33. The molecule has 30 heavy (non-hydrogen) atoms. The molecule has 4 rings (SSSR count). The summed E-state index contributed by atoms with van der Waals surface area (Å²) in [6, 6.07) is 9.96. The van der Waals surface area contributed by atoms with Crippen molar-refractivity contribution < 1.29 is 9.53 Å². The summed E-state index contributed by atoms with van der Waals surface area (Å²) in [7, 11) is 0. The predicted molar refractivity (Wildman–Crippen MR) is 118 cm³/mol. The van der Waals surface area contributed by atoms with Gasteiger partial charge in [0.25, 0.3) is 0 Å². The maximum absolute atomic E-state index is 12.5. The van der Waals surface area contributed by atoms with Crippen molar-refractivity contribution in [3.05, 3.63) is 60.7 Å². The van der Waals surface area contributed by atoms with Crippen molar-refractivity contribution >= 4 is 28.8 Å². The van der Waals surface area contributed by atoms with E-state index in [0.29, 0.717) is 6.54 Å². The number of carbonyl (C=O) groups is 1. The molecule has 0 saturated carbocycles. The Bertz CT molecular complexity index is 1210. The fraction of sp³-hybridized carbons (Fsp3) is 0.273. The van der Waals surface area contributed by atoms with Crippen molar-refractivity contribution in [3.63, 3.8) is 0 Å². The van der Waals surface area contributed by atoms with Gasteiger partial charge in [-0.25, -0.2) is 9.48 Å². The molecule has 154 valence electrons. The van der Waals surface area contributed by atoms with Gasteiger partial charge < -0.3 is 4.74 Å². The molecule has 8 heteroatoms. The minimum atomic E-state index is -0.551. The Morgan fingerprint density at radius 2 is 2.00 bits per heavy atom. The van der Waals surface area contributed by atoms with Gasteiger partial charge in [-0.15, -0.1) is 16.9 Å². The number of hydrogen-bond acceptors (Lipinski definition) is 6. The van der Waals surface area contributed by atoms with E-state index in [9.17, 15) is 4.79 Å². The number of rotatable bonds is 4. The molecule has 1 aromatic carbocycles. The zero-order chi connectivity index (χ0) is 21.3. The molecule has 4 aromatic rings. The highest BCUT2D eigenvalue weighted by Crippen LogP contribution is 2.23. The van der Waals surface area contributed by atoms with Crippen LogP contribution in [0.3, 0.4) is 0 Å². The van der Waals surface area contributed by atoms with Crippen LogP contribution in [0, 0.1) is 0 Å². The number of hydrogen-bond donors (Lipinski definition) is 0. The van der Waals surface area contributed by atoms with Gasteiger partial charge in [-0.1, -0.05) is 17.3 Å². The number of aromatic nitrogens is 5. The van der Waals surface area contributed by atoms with E-state index in [0.717, 1.165) is 32.6 Å². The van der Waals surface area contributed by atoms with E-state index in [4.69, 9.17) is 4.74 Å². The highest BCUT2D eigenvalue weighted by molar-refractivity contribution is 7.98. The lowest BCUT2D eigenvalue weighted by Gasteiger charge is -2.19. The summed E-state index contributed by atoms with van der Waals surface area (Å²) >= 11 is 1.64. The first kappa shape index (κ1) is 20.2. The van der Waals surface area contributed by atoms with E-state index < -0.39 is 5.60 Å². The van der Waals surface area contributed by atoms with Crippen LogP contribution in [0.4, 0.5) is 4.79 Å². The third kappa shape index (κ3) is 4.38. The maximum Gasteiger partial charge on any atom is 0.418 e. The largest absolute Gasteiger partial charge is 0.443 e. The van der Waals surface area contributed by atoms with Crippen LogP contribution in [-0.2, 0) is 11.3 Å². The van der Waals surface area contributed by atoms with Crippen LogP contribution in [0.25, 0.3) is 22.2 Å². The van der Waals surface area contributed by atoms with Crippen LogP contribution in [0.5, 0.6) is 0 Å². The second kappa shape index (κ2) is 7.95. The van der Waals surface area contributed by atoms with Crippen LogP contribution in [0.1, 0.15) is 26.3 Å². The van der Waals surface area contributed by atoms with E-state index in [1.807, 2.05) is 69.8 Å². The minimum absolute atomic E-state index is 0.390. The normalized spacial score (nSPS) is 11.7. The number of carbonyl (C=O) groups excluding carboxylic acids is 1. The Balaban J connectivity index is 1.58. The van der Waals surface area contributed by atoms with Crippen molar-refractivity contribution in [2.24, 2.45) is 0 Å². The van der Waals surface area contributed by atoms with Crippen molar-refractivity contribution in [1.29, 1.82) is 0 Å². The fourth-order valence-corrected chi connectivity index (χ4v) is 3.52. The molecular weight excluding hydrogens is 398 g/mol. The third-order valence-electron chi connectivity index (χ3n) is 4.48. The number of pyridine rings is 1. The van der Waals surface area contributed by atoms with Crippen LogP contribution >= 0.6 is 11.8 Å². The Kier molecular flexibility index (Phi) is 5.34. The molecule has 7 nitrogen and oxygen atoms in total. The van der Waals surface area contributed by atoms with E-state index in [-0.39, 0.29) is 6.09 Å². The number of benzene rings is 1. The lowest BCUT2D eigenvalue weighted by atomic mass is 10.1. The smallest absolute Gasteiger partial charge is 0.418 e. The molecule has 0 aliphatic heterocycles. The summed E-state index contributed by atoms with van der Waals surface area (Å²) in [5, 5.41) is 9.51. The average molecular weight is 422 g/mol. The van der Waals surface area contributed by atoms with Gasteiger partial charge in [-0.2, -0.15) is 0 Å². The maximum atomic E-state index is 12.5. The van der Waals surface area contributed by atoms with Crippen molar-refractivity contribution in [2.75, 3.05) is 6.26 Å². The van der Waals surface area contributed by atoms with Gasteiger partial charge in [0.1, 0.15) is 11.3 Å². The molecule has 3 heterocycles. The lowest BCUT2D eigenvalue weighted by Crippen LogP contribution is -2.26. The fourth-order valence-electron chi connectivity index (χ4n) is 3.11. The molecule has 0 aliphatic carbocycles. The Labute approximate surface area is 179 Å². The summed E-state index contributed by atoms with van der Waals surface area (Å²) in [6.07, 6.45) is 8.88. The Morgan fingerprint density at radius 1 is 1.17 bits per heavy atom. The molecule has 0 atom stereocenters. The van der Waals surface area contributed by atoms with Crippen molar-refractivity contribution in [1.82, 2.24) is 24.5 Å². The third-order valence-corrected chi connectivity index (χ3v) is 5.17. The van der Waals surface area contributed by atoms with Gasteiger partial charge in [0.2, 0.25) is 0 Å². The first-order chi connectivity index (χ1) is 14.3. The first-order valence-corrected chi connectivity index (χ1v) is 10.8. The molecule has 0 N–H and O–H groups in total. The van der Waals surface area contributed by atoms with Crippen molar-refractivity contribution in [3.8, 4) is 11.3 Å². The highest BCUT2D eigenvalue weighted by Gasteiger charge is 2.19. The Morgan fingerprint density at radius 3 is 2.77 bits per heavy atom. The van der Waals surface area contributed by atoms with Crippen LogP contribution in [-0.4, -0.2) is 42.5 Å². The van der Waals surface area contributed by atoms with Crippen LogP contribution in [0.2, 0.25) is 0 Å². The molecule has 0 saturated heterocycles. The summed E-state index contributed by atoms with van der Waals surface area (Å²) < 4.78 is 8.83. The zero-order valence-electron chi connectivity index (χ0n) is 17.4. The van der Waals surface area contributed by atoms with E-state index in [1.54, 1.807) is 28.8 Å². The number of fused-ring (bicyclic) bond motifs is 1. The molecule has 0 unspecified atom stereocenters. The zero-order valence-corrected chi connectivity index (χ0v) is 18.2. The monoisotopic (exact) mass is 421 g/mol. The summed E-state index contributed by atoms with van der Waals surface area (Å²) in [5.74, 6) is 0. The topological polar surface area (TPSA) is 74.8 Å². The summed E-state index contributed by atoms with van der Waals surface area (Å²) in [4.78, 5) is 17.9. The van der Waals surface area contributed by atoms with Gasteiger partial charge in [0.05, 0.1) is 18.3 Å². The molecule has 0 bridgehead atoms. The second-order valence-corrected chi connectivity index (χ2v) is 8.85. The molecule has 0 aliphatic rings. The number of nitrogens with zero attached hydrogens (tertiary/aromatic N) is 5. The van der Waals surface area contributed by atoms with Gasteiger partial charge in [0.15, 0.2) is 0 Å². The Hall–Kier alpha value is -3.13. The van der Waals surface area contributed by atoms with Gasteiger partial charge >= 0.3 is 6.09 Å². The molecular formula is C22H23N5O2S. The SMILES string of the molecule is CSc1cncc(-c2cn(Cc3ccc4ccn(C(=O)OC(C)(C)C)c4c3)nn2)c1. The summed E-state index contributed by atoms with van der Waals surface area (Å²) in [5.41, 5.74) is 2.97. The molecule has 0 fully saturated rings. The molecule has 0 radical (unpaired) electrons. The first-order valence-electron chi connectivity index (χ1n) is 9.55. The minimum Gasteiger partial charge on any atom is -0.443 e. The van der Waals surface area contributed by atoms with E-state index >= 15 is 0 Å². The van der Waals surface area contributed by atoms with Crippen LogP contribution < -0.4 is 0 Å². The highest BCUT2D eigenvalue weighted by atomic mass is 32.2. The van der Waals surface area contributed by atoms with E-state index in [1.165, 1.54) is 4.57 Å². The molecule has 0 amide bonds. The number of thioether (sulfide) groups is 1. The van der Waals surface area contributed by atoms with Crippen LogP contribution in [0.15, 0.2) is 60.0 Å². The van der Waals surface area contributed by atoms with Gasteiger partial charge in [-0.3, -0.25) is 9.55 Å². The lowest BCUT2D eigenvalue weighted by molar-refractivity contribution is 0.0544.